The molecule has 0 aromatic carbocycles. The Bertz CT molecular complexity index is 550. The number of nitrogens with one attached hydrogen (secondary N) is 1. The van der Waals surface area contributed by atoms with Crippen LogP contribution in [0.1, 0.15) is 12.6 Å². The van der Waals surface area contributed by atoms with Gasteiger partial charge in [-0.25, -0.2) is 9.97 Å². The largest absolute Gasteiger partial charge is 0.301 e. The average molecular weight is 279 g/mol. The molecule has 0 atom stereocenters. The first-order valence-corrected chi connectivity index (χ1v) is 5.68. The number of hydrogen-bond acceptors (Lipinski definition) is 3. The minimum absolute atomic E-state index is 0.690. The van der Waals surface area contributed by atoms with Crippen molar-refractivity contribution in [3.05, 3.63) is 28.9 Å². The zero-order valence-electron chi connectivity index (χ0n) is 8.87. The van der Waals surface area contributed by atoms with E-state index in [1.807, 2.05) is 23.7 Å². The van der Waals surface area contributed by atoms with Crippen molar-refractivity contribution in [2.24, 2.45) is 0 Å². The Morgan fingerprint density at radius 1 is 1.44 bits per heavy atom. The summed E-state index contributed by atoms with van der Waals surface area (Å²) in [4.78, 5) is 8.38. The van der Waals surface area contributed by atoms with Crippen LogP contribution in [0.5, 0.6) is 0 Å². The van der Waals surface area contributed by atoms with Gasteiger partial charge in [0.25, 0.3) is 0 Å². The highest BCUT2D eigenvalue weighted by molar-refractivity contribution is 9.10. The molecule has 0 fully saturated rings. The molecule has 2 aromatic heterocycles. The van der Waals surface area contributed by atoms with Crippen molar-refractivity contribution in [1.29, 1.82) is 0 Å². The molecule has 0 bridgehead atoms. The SMILES string of the molecule is CC#CCNCc1cnc2cnc(Br)cn12. The van der Waals surface area contributed by atoms with Gasteiger partial charge in [-0.05, 0) is 22.9 Å². The first-order valence-electron chi connectivity index (χ1n) is 4.89. The number of aromatic nitrogens is 3. The molecular formula is C11H11BrN4. The summed E-state index contributed by atoms with van der Waals surface area (Å²) in [5, 5.41) is 3.23. The quantitative estimate of drug-likeness (QED) is 0.685. The van der Waals surface area contributed by atoms with E-state index in [1.54, 1.807) is 6.20 Å². The number of fused-ring (bicyclic) bond motifs is 1. The minimum atomic E-state index is 0.690. The molecular weight excluding hydrogens is 268 g/mol. The zero-order chi connectivity index (χ0) is 11.4. The van der Waals surface area contributed by atoms with Gasteiger partial charge in [0.1, 0.15) is 4.60 Å². The molecule has 82 valence electrons. The Kier molecular flexibility index (Phi) is 3.54. The molecule has 2 aromatic rings. The molecule has 2 rings (SSSR count). The third-order valence-electron chi connectivity index (χ3n) is 2.14. The maximum Gasteiger partial charge on any atom is 0.155 e. The maximum absolute atomic E-state index is 4.26. The van der Waals surface area contributed by atoms with E-state index in [1.165, 1.54) is 0 Å². The van der Waals surface area contributed by atoms with Gasteiger partial charge in [-0.3, -0.25) is 4.40 Å². The Morgan fingerprint density at radius 3 is 3.12 bits per heavy atom. The van der Waals surface area contributed by atoms with Crippen molar-refractivity contribution in [1.82, 2.24) is 19.7 Å². The molecule has 5 heteroatoms. The Morgan fingerprint density at radius 2 is 2.31 bits per heavy atom. The van der Waals surface area contributed by atoms with Crippen molar-refractivity contribution < 1.29 is 0 Å². The van der Waals surface area contributed by atoms with Crippen LogP contribution >= 0.6 is 15.9 Å². The summed E-state index contributed by atoms with van der Waals surface area (Å²) in [5.41, 5.74) is 1.94. The number of rotatable bonds is 3. The van der Waals surface area contributed by atoms with Gasteiger partial charge >= 0.3 is 0 Å². The number of halogens is 1. The van der Waals surface area contributed by atoms with E-state index in [2.05, 4.69) is 43.1 Å². The second-order valence-electron chi connectivity index (χ2n) is 3.22. The normalized spacial score (nSPS) is 10.1. The average Bonchev–Trinajstić information content (AvgIpc) is 2.67. The Hall–Kier alpha value is -1.38. The summed E-state index contributed by atoms with van der Waals surface area (Å²) in [6.07, 6.45) is 5.49. The van der Waals surface area contributed by atoms with Gasteiger partial charge in [-0.15, -0.1) is 5.92 Å². The lowest BCUT2D eigenvalue weighted by Gasteiger charge is -2.01. The van der Waals surface area contributed by atoms with Crippen LogP contribution in [0.4, 0.5) is 0 Å². The van der Waals surface area contributed by atoms with Crippen molar-refractivity contribution in [2.75, 3.05) is 6.54 Å². The fourth-order valence-electron chi connectivity index (χ4n) is 1.39. The third kappa shape index (κ3) is 2.40. The molecule has 0 aliphatic heterocycles. The topological polar surface area (TPSA) is 42.2 Å². The van der Waals surface area contributed by atoms with Crippen molar-refractivity contribution in [2.45, 2.75) is 13.5 Å². The lowest BCUT2D eigenvalue weighted by atomic mass is 10.4. The first-order chi connectivity index (χ1) is 7.81. The molecule has 1 N–H and O–H groups in total. The Balaban J connectivity index is 2.16. The van der Waals surface area contributed by atoms with Gasteiger partial charge in [-0.2, -0.15) is 0 Å². The standard InChI is InChI=1S/C11H11BrN4/c1-2-3-4-13-5-9-6-15-11-7-14-10(12)8-16(9)11/h6-8,13H,4-5H2,1H3. The molecule has 0 amide bonds. The van der Waals surface area contributed by atoms with Gasteiger partial charge < -0.3 is 5.32 Å². The summed E-state index contributed by atoms with van der Waals surface area (Å²) in [6.45, 7) is 3.26. The maximum atomic E-state index is 4.26. The monoisotopic (exact) mass is 278 g/mol. The Labute approximate surface area is 102 Å². The lowest BCUT2D eigenvalue weighted by molar-refractivity contribution is 0.741. The van der Waals surface area contributed by atoms with E-state index in [9.17, 15) is 0 Å². The smallest absolute Gasteiger partial charge is 0.155 e. The van der Waals surface area contributed by atoms with Crippen LogP contribution in [0, 0.1) is 11.8 Å². The summed E-state index contributed by atoms with van der Waals surface area (Å²) in [6, 6.07) is 0. The molecule has 0 radical (unpaired) electrons. The predicted octanol–water partition coefficient (Wildman–Crippen LogP) is 1.60. The molecule has 4 nitrogen and oxygen atoms in total. The van der Waals surface area contributed by atoms with E-state index in [4.69, 9.17) is 0 Å². The fourth-order valence-corrected chi connectivity index (χ4v) is 1.70. The molecule has 16 heavy (non-hydrogen) atoms. The fraction of sp³-hybridized carbons (Fsp3) is 0.273. The highest BCUT2D eigenvalue weighted by atomic mass is 79.9. The molecule has 0 aliphatic rings. The first kappa shape index (κ1) is 11.1. The number of imidazole rings is 1. The van der Waals surface area contributed by atoms with Crippen LogP contribution in [0.25, 0.3) is 5.65 Å². The van der Waals surface area contributed by atoms with E-state index < -0.39 is 0 Å². The number of hydrogen-bond donors (Lipinski definition) is 1. The van der Waals surface area contributed by atoms with Crippen LogP contribution in [-0.4, -0.2) is 20.9 Å². The van der Waals surface area contributed by atoms with Crippen molar-refractivity contribution in [3.63, 3.8) is 0 Å². The van der Waals surface area contributed by atoms with Gasteiger partial charge in [0.05, 0.1) is 24.6 Å². The third-order valence-corrected chi connectivity index (χ3v) is 2.55. The zero-order valence-corrected chi connectivity index (χ0v) is 10.5. The van der Waals surface area contributed by atoms with E-state index >= 15 is 0 Å². The predicted molar refractivity (Wildman–Crippen MR) is 65.8 cm³/mol. The van der Waals surface area contributed by atoms with Gasteiger partial charge in [0.15, 0.2) is 5.65 Å². The van der Waals surface area contributed by atoms with Crippen molar-refractivity contribution >= 4 is 21.6 Å². The summed E-state index contributed by atoms with van der Waals surface area (Å²) >= 11 is 3.34. The van der Waals surface area contributed by atoms with Crippen LogP contribution < -0.4 is 5.32 Å². The van der Waals surface area contributed by atoms with Crippen LogP contribution in [-0.2, 0) is 6.54 Å². The molecule has 0 saturated heterocycles. The molecule has 0 aliphatic carbocycles. The lowest BCUT2D eigenvalue weighted by Crippen LogP contribution is -2.14. The van der Waals surface area contributed by atoms with Crippen LogP contribution in [0.3, 0.4) is 0 Å². The summed E-state index contributed by atoms with van der Waals surface area (Å²) in [5.74, 6) is 5.80. The van der Waals surface area contributed by atoms with Crippen LogP contribution in [0.15, 0.2) is 23.2 Å². The minimum Gasteiger partial charge on any atom is -0.301 e. The second kappa shape index (κ2) is 5.10. The second-order valence-corrected chi connectivity index (χ2v) is 4.03. The van der Waals surface area contributed by atoms with Gasteiger partial charge in [0.2, 0.25) is 0 Å². The van der Waals surface area contributed by atoms with Crippen LogP contribution in [0.2, 0.25) is 0 Å². The van der Waals surface area contributed by atoms with E-state index in [-0.39, 0.29) is 0 Å². The van der Waals surface area contributed by atoms with Gasteiger partial charge in [-0.1, -0.05) is 5.92 Å². The molecule has 0 unspecified atom stereocenters. The molecule has 0 saturated carbocycles. The highest BCUT2D eigenvalue weighted by Crippen LogP contribution is 2.10. The van der Waals surface area contributed by atoms with Crippen molar-refractivity contribution in [3.8, 4) is 11.8 Å². The summed E-state index contributed by atoms with van der Waals surface area (Å²) < 4.78 is 2.80. The van der Waals surface area contributed by atoms with Gasteiger partial charge in [0, 0.05) is 12.7 Å². The molecule has 0 spiro atoms. The summed E-state index contributed by atoms with van der Waals surface area (Å²) in [7, 11) is 0. The van der Waals surface area contributed by atoms with E-state index in [0.29, 0.717) is 6.54 Å². The number of nitrogens with zero attached hydrogens (tertiary/aromatic N) is 3. The molecule has 2 heterocycles. The van der Waals surface area contributed by atoms with E-state index in [0.717, 1.165) is 22.5 Å². The highest BCUT2D eigenvalue weighted by Gasteiger charge is 2.02.